The van der Waals surface area contributed by atoms with E-state index >= 15 is 0 Å². The maximum atomic E-state index is 12.6. The predicted octanol–water partition coefficient (Wildman–Crippen LogP) is 2.77. The molecular weight excluding hydrogens is 366 g/mol. The van der Waals surface area contributed by atoms with Gasteiger partial charge in [0, 0.05) is 62.5 Å². The molecule has 1 aliphatic heterocycles. The Hall–Kier alpha value is -3.55. The van der Waals surface area contributed by atoms with E-state index in [1.165, 1.54) is 5.56 Å². The van der Waals surface area contributed by atoms with Gasteiger partial charge < -0.3 is 10.2 Å². The third-order valence-electron chi connectivity index (χ3n) is 4.95. The summed E-state index contributed by atoms with van der Waals surface area (Å²) in [6.45, 7) is 1.48. The van der Waals surface area contributed by atoms with E-state index in [2.05, 4.69) is 25.4 Å². The molecule has 0 saturated carbocycles. The second kappa shape index (κ2) is 8.64. The van der Waals surface area contributed by atoms with Gasteiger partial charge in [0.2, 0.25) is 5.91 Å². The summed E-state index contributed by atoms with van der Waals surface area (Å²) in [5.74, 6) is 1.69. The quantitative estimate of drug-likeness (QED) is 0.675. The summed E-state index contributed by atoms with van der Waals surface area (Å²) >= 11 is 0. The molecule has 1 aliphatic rings. The zero-order valence-corrected chi connectivity index (χ0v) is 16.3. The summed E-state index contributed by atoms with van der Waals surface area (Å²) in [6, 6.07) is 4.05. The van der Waals surface area contributed by atoms with Gasteiger partial charge >= 0.3 is 0 Å². The molecule has 0 radical (unpaired) electrons. The van der Waals surface area contributed by atoms with Crippen molar-refractivity contribution in [2.24, 2.45) is 7.05 Å². The Bertz CT molecular complexity index is 999. The van der Waals surface area contributed by atoms with Gasteiger partial charge in [-0.2, -0.15) is 5.10 Å². The summed E-state index contributed by atoms with van der Waals surface area (Å²) in [6.07, 6.45) is 15.8. The molecule has 0 spiro atoms. The average Bonchev–Trinajstić information content (AvgIpc) is 3.18. The van der Waals surface area contributed by atoms with E-state index in [-0.39, 0.29) is 11.8 Å². The van der Waals surface area contributed by atoms with Crippen LogP contribution in [0.3, 0.4) is 0 Å². The van der Waals surface area contributed by atoms with Crippen molar-refractivity contribution in [1.29, 1.82) is 0 Å². The first kappa shape index (κ1) is 18.8. The van der Waals surface area contributed by atoms with Crippen LogP contribution in [0.1, 0.15) is 29.9 Å². The second-order valence-electron chi connectivity index (χ2n) is 7.09. The topological polar surface area (TPSA) is 88.8 Å². The number of amides is 1. The fraction of sp³-hybridized carbons (Fsp3) is 0.286. The number of hydrogen-bond acceptors (Lipinski definition) is 6. The zero-order valence-electron chi connectivity index (χ0n) is 16.3. The Morgan fingerprint density at radius 2 is 2.10 bits per heavy atom. The molecular formula is C21H23N7O. The number of nitrogens with one attached hydrogen (secondary N) is 1. The van der Waals surface area contributed by atoms with Crippen molar-refractivity contribution in [2.45, 2.75) is 18.8 Å². The number of carbonyl (C=O) groups is 1. The highest BCUT2D eigenvalue weighted by molar-refractivity contribution is 5.91. The van der Waals surface area contributed by atoms with Gasteiger partial charge in [-0.05, 0) is 36.6 Å². The number of likely N-dealkylation sites (tertiary alicyclic amines) is 1. The van der Waals surface area contributed by atoms with Gasteiger partial charge in [0.25, 0.3) is 0 Å². The van der Waals surface area contributed by atoms with Gasteiger partial charge in [0.15, 0.2) is 0 Å². The van der Waals surface area contributed by atoms with E-state index < -0.39 is 0 Å². The van der Waals surface area contributed by atoms with Crippen LogP contribution in [-0.2, 0) is 11.8 Å². The number of hydrogen-bond donors (Lipinski definition) is 1. The number of pyridine rings is 1. The summed E-state index contributed by atoms with van der Waals surface area (Å²) in [4.78, 5) is 27.2. The molecule has 1 saturated heterocycles. The predicted molar refractivity (Wildman–Crippen MR) is 110 cm³/mol. The maximum absolute atomic E-state index is 12.6. The molecule has 0 bridgehead atoms. The molecule has 3 aromatic heterocycles. The molecule has 4 heterocycles. The molecule has 0 unspecified atom stereocenters. The van der Waals surface area contributed by atoms with Crippen molar-refractivity contribution in [3.8, 4) is 0 Å². The monoisotopic (exact) mass is 389 g/mol. The van der Waals surface area contributed by atoms with Crippen LogP contribution < -0.4 is 5.32 Å². The van der Waals surface area contributed by atoms with Gasteiger partial charge in [-0.3, -0.25) is 14.5 Å². The SMILES string of the molecule is Cn1cc(/C=C/C(=O)N2CCC[C@H](c3ccnc(Nc4cnccn4)c3)C2)cn1. The molecule has 4 rings (SSSR count). The van der Waals surface area contributed by atoms with E-state index in [1.807, 2.05) is 36.4 Å². The van der Waals surface area contributed by atoms with Gasteiger partial charge in [0.05, 0.1) is 12.4 Å². The van der Waals surface area contributed by atoms with Crippen LogP contribution >= 0.6 is 0 Å². The largest absolute Gasteiger partial charge is 0.339 e. The molecule has 29 heavy (non-hydrogen) atoms. The fourth-order valence-corrected chi connectivity index (χ4v) is 3.51. The lowest BCUT2D eigenvalue weighted by molar-refractivity contribution is -0.127. The smallest absolute Gasteiger partial charge is 0.246 e. The lowest BCUT2D eigenvalue weighted by Gasteiger charge is -2.32. The first-order valence-corrected chi connectivity index (χ1v) is 9.62. The Balaban J connectivity index is 1.42. The van der Waals surface area contributed by atoms with E-state index in [4.69, 9.17) is 0 Å². The van der Waals surface area contributed by atoms with E-state index in [0.717, 1.165) is 30.8 Å². The Kier molecular flexibility index (Phi) is 5.60. The Morgan fingerprint density at radius 1 is 1.21 bits per heavy atom. The average molecular weight is 389 g/mol. The summed E-state index contributed by atoms with van der Waals surface area (Å²) in [5.41, 5.74) is 2.09. The van der Waals surface area contributed by atoms with Crippen molar-refractivity contribution in [1.82, 2.24) is 29.6 Å². The number of nitrogens with zero attached hydrogens (tertiary/aromatic N) is 6. The Labute approximate surface area is 169 Å². The minimum absolute atomic E-state index is 0.0329. The number of aryl methyl sites for hydroxylation is 1. The normalized spacial score (nSPS) is 16.9. The number of rotatable bonds is 5. The zero-order chi connectivity index (χ0) is 20.1. The van der Waals surface area contributed by atoms with E-state index in [0.29, 0.717) is 12.4 Å². The fourth-order valence-electron chi connectivity index (χ4n) is 3.51. The maximum Gasteiger partial charge on any atom is 0.246 e. The van der Waals surface area contributed by atoms with Crippen molar-refractivity contribution < 1.29 is 4.79 Å². The molecule has 0 aliphatic carbocycles. The van der Waals surface area contributed by atoms with E-state index in [9.17, 15) is 4.79 Å². The number of piperidine rings is 1. The van der Waals surface area contributed by atoms with Crippen LogP contribution in [0.4, 0.5) is 11.6 Å². The van der Waals surface area contributed by atoms with Crippen LogP contribution in [0, 0.1) is 0 Å². The van der Waals surface area contributed by atoms with Crippen LogP contribution in [0.2, 0.25) is 0 Å². The van der Waals surface area contributed by atoms with Gasteiger partial charge in [-0.15, -0.1) is 0 Å². The van der Waals surface area contributed by atoms with Crippen LogP contribution in [0.25, 0.3) is 6.08 Å². The summed E-state index contributed by atoms with van der Waals surface area (Å²) < 4.78 is 1.72. The lowest BCUT2D eigenvalue weighted by Crippen LogP contribution is -2.38. The second-order valence-corrected chi connectivity index (χ2v) is 7.09. The highest BCUT2D eigenvalue weighted by atomic mass is 16.2. The highest BCUT2D eigenvalue weighted by Crippen LogP contribution is 2.28. The van der Waals surface area contributed by atoms with Crippen LogP contribution in [0.5, 0.6) is 0 Å². The lowest BCUT2D eigenvalue weighted by atomic mass is 9.91. The molecule has 1 fully saturated rings. The van der Waals surface area contributed by atoms with Crippen molar-refractivity contribution in [3.05, 3.63) is 66.5 Å². The van der Waals surface area contributed by atoms with Gasteiger partial charge in [0.1, 0.15) is 11.6 Å². The molecule has 3 aromatic rings. The molecule has 1 atom stereocenters. The number of carbonyl (C=O) groups excluding carboxylic acids is 1. The van der Waals surface area contributed by atoms with Gasteiger partial charge in [-0.25, -0.2) is 9.97 Å². The van der Waals surface area contributed by atoms with Crippen molar-refractivity contribution in [3.63, 3.8) is 0 Å². The molecule has 1 N–H and O–H groups in total. The van der Waals surface area contributed by atoms with Crippen molar-refractivity contribution >= 4 is 23.6 Å². The molecule has 148 valence electrons. The van der Waals surface area contributed by atoms with Gasteiger partial charge in [-0.1, -0.05) is 0 Å². The van der Waals surface area contributed by atoms with Crippen LogP contribution in [-0.4, -0.2) is 48.6 Å². The third-order valence-corrected chi connectivity index (χ3v) is 4.95. The van der Waals surface area contributed by atoms with Crippen LogP contribution in [0.15, 0.2) is 55.4 Å². The minimum Gasteiger partial charge on any atom is -0.339 e. The number of anilines is 2. The van der Waals surface area contributed by atoms with Crippen molar-refractivity contribution in [2.75, 3.05) is 18.4 Å². The standard InChI is InChI=1S/C21H23N7O/c1-27-14-16(12-25-27)4-5-21(29)28-10-2-3-18(15-28)17-6-7-23-19(11-17)26-20-13-22-8-9-24-20/h4-9,11-14,18H,2-3,10,15H2,1H3,(H,23,24,26)/b5-4+/t18-/m0/s1. The summed E-state index contributed by atoms with van der Waals surface area (Å²) in [5, 5.41) is 7.29. The number of aromatic nitrogens is 5. The highest BCUT2D eigenvalue weighted by Gasteiger charge is 2.24. The summed E-state index contributed by atoms with van der Waals surface area (Å²) in [7, 11) is 1.86. The van der Waals surface area contributed by atoms with E-state index in [1.54, 1.807) is 41.7 Å². The Morgan fingerprint density at radius 3 is 2.90 bits per heavy atom. The molecule has 1 amide bonds. The molecule has 8 nitrogen and oxygen atoms in total. The third kappa shape index (κ3) is 4.84. The molecule has 0 aromatic carbocycles. The molecule has 8 heteroatoms. The first-order chi connectivity index (χ1) is 14.2. The first-order valence-electron chi connectivity index (χ1n) is 9.62. The minimum atomic E-state index is 0.0329.